The van der Waals surface area contributed by atoms with Gasteiger partial charge in [0.25, 0.3) is 0 Å². The third-order valence-electron chi connectivity index (χ3n) is 2.37. The molecule has 0 amide bonds. The van der Waals surface area contributed by atoms with Crippen LogP contribution in [-0.2, 0) is 6.18 Å². The van der Waals surface area contributed by atoms with Crippen molar-refractivity contribution in [2.75, 3.05) is 5.32 Å². The van der Waals surface area contributed by atoms with Crippen LogP contribution in [0.15, 0.2) is 24.3 Å². The fourth-order valence-corrected chi connectivity index (χ4v) is 2.11. The quantitative estimate of drug-likeness (QED) is 0.909. The zero-order chi connectivity index (χ0) is 14.0. The maximum absolute atomic E-state index is 12.4. The summed E-state index contributed by atoms with van der Waals surface area (Å²) >= 11 is 0.659. The minimum Gasteiger partial charge on any atom is -0.330 e. The first-order valence-corrected chi connectivity index (χ1v) is 6.17. The van der Waals surface area contributed by atoms with Gasteiger partial charge in [0.05, 0.1) is 0 Å². The third kappa shape index (κ3) is 3.21. The van der Waals surface area contributed by atoms with E-state index in [1.165, 1.54) is 0 Å². The molecule has 1 unspecified atom stereocenters. The standard InChI is InChI=1S/C11H11F3N4S/c1-6(15)7-4-2-3-5-8(7)16-10-17-9(18-19-10)11(12,13)14/h2-6H,15H2,1H3,(H,16,17,18). The molecule has 2 aromatic rings. The van der Waals surface area contributed by atoms with Crippen LogP contribution in [0, 0.1) is 0 Å². The molecule has 0 radical (unpaired) electrons. The molecule has 1 heterocycles. The molecule has 0 aliphatic carbocycles. The number of rotatable bonds is 3. The van der Waals surface area contributed by atoms with Crippen LogP contribution in [0.4, 0.5) is 24.0 Å². The molecule has 8 heteroatoms. The molecule has 0 aliphatic heterocycles. The van der Waals surface area contributed by atoms with Crippen LogP contribution in [0.1, 0.15) is 24.4 Å². The van der Waals surface area contributed by atoms with Crippen LogP contribution in [0.25, 0.3) is 0 Å². The lowest BCUT2D eigenvalue weighted by Crippen LogP contribution is -2.09. The Kier molecular flexibility index (Phi) is 3.72. The molecule has 0 fully saturated rings. The van der Waals surface area contributed by atoms with Crippen molar-refractivity contribution in [1.29, 1.82) is 0 Å². The van der Waals surface area contributed by atoms with E-state index in [1.807, 2.05) is 6.07 Å². The van der Waals surface area contributed by atoms with Gasteiger partial charge in [-0.2, -0.15) is 22.5 Å². The summed E-state index contributed by atoms with van der Waals surface area (Å²) in [5.74, 6) is -1.14. The Hall–Kier alpha value is -1.67. The smallest absolute Gasteiger partial charge is 0.330 e. The lowest BCUT2D eigenvalue weighted by molar-refractivity contribution is -0.144. The van der Waals surface area contributed by atoms with Gasteiger partial charge in [-0.25, -0.2) is 0 Å². The molecule has 0 spiro atoms. The van der Waals surface area contributed by atoms with Crippen LogP contribution in [0.5, 0.6) is 0 Å². The molecule has 19 heavy (non-hydrogen) atoms. The van der Waals surface area contributed by atoms with Gasteiger partial charge in [0.1, 0.15) is 0 Å². The molecule has 1 aromatic carbocycles. The van der Waals surface area contributed by atoms with Crippen molar-refractivity contribution in [1.82, 2.24) is 9.36 Å². The summed E-state index contributed by atoms with van der Waals surface area (Å²) in [5, 5.41) is 2.89. The molecular weight excluding hydrogens is 277 g/mol. The molecule has 0 aliphatic rings. The van der Waals surface area contributed by atoms with Crippen LogP contribution in [0.3, 0.4) is 0 Å². The van der Waals surface area contributed by atoms with Crippen molar-refractivity contribution >= 4 is 22.4 Å². The highest BCUT2D eigenvalue weighted by atomic mass is 32.1. The molecule has 0 bridgehead atoms. The van der Waals surface area contributed by atoms with Gasteiger partial charge in [0.15, 0.2) is 0 Å². The van der Waals surface area contributed by atoms with Crippen molar-refractivity contribution in [3.8, 4) is 0 Å². The van der Waals surface area contributed by atoms with E-state index in [0.29, 0.717) is 17.2 Å². The number of anilines is 2. The van der Waals surface area contributed by atoms with Crippen LogP contribution in [0.2, 0.25) is 0 Å². The van der Waals surface area contributed by atoms with Gasteiger partial charge in [0.2, 0.25) is 11.0 Å². The van der Waals surface area contributed by atoms with Gasteiger partial charge < -0.3 is 11.1 Å². The van der Waals surface area contributed by atoms with Gasteiger partial charge in [0, 0.05) is 23.3 Å². The summed E-state index contributed by atoms with van der Waals surface area (Å²) in [6.07, 6.45) is -4.53. The van der Waals surface area contributed by atoms with E-state index in [0.717, 1.165) is 5.56 Å². The second kappa shape index (κ2) is 5.14. The van der Waals surface area contributed by atoms with Gasteiger partial charge in [-0.3, -0.25) is 0 Å². The number of para-hydroxylation sites is 1. The van der Waals surface area contributed by atoms with Crippen molar-refractivity contribution in [2.45, 2.75) is 19.1 Å². The average Bonchev–Trinajstić information content (AvgIpc) is 2.77. The fraction of sp³-hybridized carbons (Fsp3) is 0.273. The molecule has 2 rings (SSSR count). The van der Waals surface area contributed by atoms with Gasteiger partial charge in [-0.05, 0) is 18.6 Å². The summed E-state index contributed by atoms with van der Waals surface area (Å²) in [4.78, 5) is 3.41. The van der Waals surface area contributed by atoms with E-state index in [-0.39, 0.29) is 11.2 Å². The second-order valence-corrected chi connectivity index (χ2v) is 4.67. The summed E-state index contributed by atoms with van der Waals surface area (Å²) in [6, 6.07) is 6.87. The minimum absolute atomic E-state index is 0.0837. The number of hydrogen-bond donors (Lipinski definition) is 2. The average molecular weight is 288 g/mol. The first kappa shape index (κ1) is 13.8. The SMILES string of the molecule is CC(N)c1ccccc1Nc1nc(C(F)(F)F)ns1. The Labute approximate surface area is 111 Å². The normalized spacial score (nSPS) is 13.3. The Morgan fingerprint density at radius 3 is 2.58 bits per heavy atom. The largest absolute Gasteiger partial charge is 0.452 e. The van der Waals surface area contributed by atoms with E-state index in [9.17, 15) is 13.2 Å². The molecule has 4 nitrogen and oxygen atoms in total. The van der Waals surface area contributed by atoms with Gasteiger partial charge in [-0.15, -0.1) is 0 Å². The highest BCUT2D eigenvalue weighted by molar-refractivity contribution is 7.09. The molecule has 102 valence electrons. The predicted octanol–water partition coefficient (Wildman–Crippen LogP) is 3.32. The van der Waals surface area contributed by atoms with E-state index in [1.54, 1.807) is 25.1 Å². The Bertz CT molecular complexity index is 565. The lowest BCUT2D eigenvalue weighted by Gasteiger charge is -2.12. The van der Waals surface area contributed by atoms with Crippen LogP contribution >= 0.6 is 11.5 Å². The molecule has 1 atom stereocenters. The van der Waals surface area contributed by atoms with Crippen molar-refractivity contribution in [2.24, 2.45) is 5.73 Å². The topological polar surface area (TPSA) is 63.8 Å². The summed E-state index contributed by atoms with van der Waals surface area (Å²) in [6.45, 7) is 1.79. The maximum atomic E-state index is 12.4. The van der Waals surface area contributed by atoms with Crippen molar-refractivity contribution in [3.63, 3.8) is 0 Å². The number of nitrogens with zero attached hydrogens (tertiary/aromatic N) is 2. The first-order valence-electron chi connectivity index (χ1n) is 5.40. The number of alkyl halides is 3. The maximum Gasteiger partial charge on any atom is 0.452 e. The van der Waals surface area contributed by atoms with Crippen molar-refractivity contribution < 1.29 is 13.2 Å². The predicted molar refractivity (Wildman–Crippen MR) is 67.2 cm³/mol. The Morgan fingerprint density at radius 2 is 2.00 bits per heavy atom. The number of halogens is 3. The number of aromatic nitrogens is 2. The second-order valence-electron chi connectivity index (χ2n) is 3.92. The first-order chi connectivity index (χ1) is 8.88. The summed E-state index contributed by atoms with van der Waals surface area (Å²) < 4.78 is 40.4. The molecule has 3 N–H and O–H groups in total. The van der Waals surface area contributed by atoms with Crippen LogP contribution < -0.4 is 11.1 Å². The number of nitrogens with one attached hydrogen (secondary N) is 1. The van der Waals surface area contributed by atoms with Gasteiger partial charge in [-0.1, -0.05) is 18.2 Å². The zero-order valence-corrected chi connectivity index (χ0v) is 10.7. The molecule has 0 saturated heterocycles. The van der Waals surface area contributed by atoms with E-state index in [4.69, 9.17) is 5.73 Å². The summed E-state index contributed by atoms with van der Waals surface area (Å²) in [5.41, 5.74) is 7.21. The lowest BCUT2D eigenvalue weighted by atomic mass is 10.1. The van der Waals surface area contributed by atoms with E-state index >= 15 is 0 Å². The number of hydrogen-bond acceptors (Lipinski definition) is 5. The zero-order valence-electron chi connectivity index (χ0n) is 9.90. The Morgan fingerprint density at radius 1 is 1.32 bits per heavy atom. The monoisotopic (exact) mass is 288 g/mol. The number of nitrogens with two attached hydrogens (primary N) is 1. The molecule has 1 aromatic heterocycles. The third-order valence-corrected chi connectivity index (χ3v) is 3.00. The summed E-state index contributed by atoms with van der Waals surface area (Å²) in [7, 11) is 0. The van der Waals surface area contributed by atoms with Crippen LogP contribution in [-0.4, -0.2) is 9.36 Å². The molecule has 0 saturated carbocycles. The van der Waals surface area contributed by atoms with E-state index in [2.05, 4.69) is 14.7 Å². The Balaban J connectivity index is 2.25. The minimum atomic E-state index is -4.53. The van der Waals surface area contributed by atoms with E-state index < -0.39 is 12.0 Å². The van der Waals surface area contributed by atoms with Crippen molar-refractivity contribution in [3.05, 3.63) is 35.7 Å². The highest BCUT2D eigenvalue weighted by Crippen LogP contribution is 2.31. The number of benzene rings is 1. The van der Waals surface area contributed by atoms with Gasteiger partial charge >= 0.3 is 6.18 Å². The highest BCUT2D eigenvalue weighted by Gasteiger charge is 2.36. The fourth-order valence-electron chi connectivity index (χ4n) is 1.51. The molecular formula is C11H11F3N4S.